The maximum absolute atomic E-state index is 13.1. The number of hydrogen-bond acceptors (Lipinski definition) is 2. The van der Waals surface area contributed by atoms with Crippen molar-refractivity contribution in [3.63, 3.8) is 0 Å². The summed E-state index contributed by atoms with van der Waals surface area (Å²) < 4.78 is 15.9. The minimum Gasteiger partial charge on any atom is -0.328 e. The van der Waals surface area contributed by atoms with E-state index in [0.29, 0.717) is 11.3 Å². The van der Waals surface area contributed by atoms with Crippen LogP contribution in [0.15, 0.2) is 18.2 Å². The molecule has 0 aliphatic rings. The van der Waals surface area contributed by atoms with Gasteiger partial charge in [-0.15, -0.1) is 6.42 Å². The Kier molecular flexibility index (Phi) is 6.69. The molecule has 0 unspecified atom stereocenters. The normalized spacial score (nSPS) is 8.21. The van der Waals surface area contributed by atoms with Gasteiger partial charge < -0.3 is 4.72 Å². The van der Waals surface area contributed by atoms with E-state index >= 15 is 0 Å². The van der Waals surface area contributed by atoms with Crippen molar-refractivity contribution in [3.05, 3.63) is 29.6 Å². The Bertz CT molecular complexity index is 318. The molecule has 0 fully saturated rings. The van der Waals surface area contributed by atoms with Crippen molar-refractivity contribution < 1.29 is 4.39 Å². The highest BCUT2D eigenvalue weighted by molar-refractivity contribution is 7.99. The van der Waals surface area contributed by atoms with Crippen LogP contribution in [0.1, 0.15) is 19.4 Å². The zero-order valence-corrected chi connectivity index (χ0v) is 9.41. The van der Waals surface area contributed by atoms with Gasteiger partial charge in [0, 0.05) is 11.8 Å². The Labute approximate surface area is 89.2 Å². The Morgan fingerprint density at radius 3 is 2.50 bits per heavy atom. The molecule has 0 amide bonds. The lowest BCUT2D eigenvalue weighted by atomic mass is 10.2. The molecule has 76 valence electrons. The lowest BCUT2D eigenvalue weighted by Gasteiger charge is -2.02. The fourth-order valence-electron chi connectivity index (χ4n) is 0.798. The van der Waals surface area contributed by atoms with E-state index in [1.807, 2.05) is 20.1 Å². The zero-order chi connectivity index (χ0) is 11.0. The first-order valence-corrected chi connectivity index (χ1v) is 5.55. The van der Waals surface area contributed by atoms with Gasteiger partial charge in [0.05, 0.1) is 5.69 Å². The second-order valence-electron chi connectivity index (χ2n) is 2.15. The van der Waals surface area contributed by atoms with Gasteiger partial charge in [-0.1, -0.05) is 31.7 Å². The molecule has 0 aromatic heterocycles. The highest BCUT2D eigenvalue weighted by Crippen LogP contribution is 2.17. The van der Waals surface area contributed by atoms with Crippen LogP contribution in [0.25, 0.3) is 0 Å². The average Bonchev–Trinajstić information content (AvgIpc) is 2.24. The van der Waals surface area contributed by atoms with Gasteiger partial charge in [0.25, 0.3) is 0 Å². The fourth-order valence-corrected chi connectivity index (χ4v) is 1.18. The molecule has 0 saturated heterocycles. The first kappa shape index (κ1) is 12.9. The molecule has 1 nitrogen and oxygen atoms in total. The van der Waals surface area contributed by atoms with Crippen molar-refractivity contribution in [1.29, 1.82) is 0 Å². The number of terminal acetylenes is 1. The standard InChI is InChI=1S/C9H8FNS.C2H6/c1-3-7-4-5-9(11-12-2)8(10)6-7;1-2/h1,4-6,11H,2H3;1-2H3. The molecule has 1 aromatic carbocycles. The minimum absolute atomic E-state index is 0.320. The van der Waals surface area contributed by atoms with Crippen LogP contribution in [-0.4, -0.2) is 6.26 Å². The molecule has 0 heterocycles. The SMILES string of the molecule is C#Cc1ccc(NSC)c(F)c1.CC. The average molecular weight is 211 g/mol. The summed E-state index contributed by atoms with van der Waals surface area (Å²) in [5.41, 5.74) is 1.01. The van der Waals surface area contributed by atoms with Gasteiger partial charge in [0.2, 0.25) is 0 Å². The molecule has 0 bridgehead atoms. The van der Waals surface area contributed by atoms with E-state index in [1.165, 1.54) is 18.0 Å². The summed E-state index contributed by atoms with van der Waals surface area (Å²) in [5.74, 6) is 2.04. The first-order valence-electron chi connectivity index (χ1n) is 4.33. The summed E-state index contributed by atoms with van der Waals surface area (Å²) in [6.07, 6.45) is 6.93. The Balaban J connectivity index is 0.000000791. The Morgan fingerprint density at radius 1 is 1.43 bits per heavy atom. The molecule has 0 atom stereocenters. The van der Waals surface area contributed by atoms with Crippen LogP contribution < -0.4 is 4.72 Å². The summed E-state index contributed by atoms with van der Waals surface area (Å²) in [4.78, 5) is 0. The van der Waals surface area contributed by atoms with Crippen molar-refractivity contribution >= 4 is 17.6 Å². The monoisotopic (exact) mass is 211 g/mol. The van der Waals surface area contributed by atoms with E-state index in [2.05, 4.69) is 10.6 Å². The van der Waals surface area contributed by atoms with E-state index < -0.39 is 0 Å². The molecule has 3 heteroatoms. The molecular weight excluding hydrogens is 197 g/mol. The first-order chi connectivity index (χ1) is 6.77. The number of anilines is 1. The zero-order valence-electron chi connectivity index (χ0n) is 8.60. The van der Waals surface area contributed by atoms with E-state index in [4.69, 9.17) is 6.42 Å². The van der Waals surface area contributed by atoms with E-state index in [1.54, 1.807) is 12.1 Å². The number of hydrogen-bond donors (Lipinski definition) is 1. The van der Waals surface area contributed by atoms with Gasteiger partial charge in [-0.3, -0.25) is 0 Å². The van der Waals surface area contributed by atoms with Crippen molar-refractivity contribution in [1.82, 2.24) is 0 Å². The minimum atomic E-state index is -0.320. The van der Waals surface area contributed by atoms with E-state index in [-0.39, 0.29) is 5.82 Å². The van der Waals surface area contributed by atoms with Crippen LogP contribution in [-0.2, 0) is 0 Å². The highest BCUT2D eigenvalue weighted by Gasteiger charge is 2.00. The Hall–Kier alpha value is -1.14. The number of benzene rings is 1. The number of rotatable bonds is 2. The number of nitrogens with one attached hydrogen (secondary N) is 1. The summed E-state index contributed by atoms with van der Waals surface area (Å²) >= 11 is 1.34. The molecule has 0 saturated carbocycles. The summed E-state index contributed by atoms with van der Waals surface area (Å²) in [5, 5.41) is 0. The van der Waals surface area contributed by atoms with Gasteiger partial charge in [-0.25, -0.2) is 4.39 Å². The summed E-state index contributed by atoms with van der Waals surface area (Å²) in [6, 6.07) is 4.65. The summed E-state index contributed by atoms with van der Waals surface area (Å²) in [7, 11) is 0. The molecule has 14 heavy (non-hydrogen) atoms. The molecule has 0 radical (unpaired) electrons. The predicted molar refractivity (Wildman–Crippen MR) is 62.8 cm³/mol. The van der Waals surface area contributed by atoms with Crippen LogP contribution in [0.4, 0.5) is 10.1 Å². The van der Waals surface area contributed by atoms with Crippen molar-refractivity contribution in [3.8, 4) is 12.3 Å². The van der Waals surface area contributed by atoms with Crippen LogP contribution in [0, 0.1) is 18.2 Å². The molecule has 0 aliphatic carbocycles. The van der Waals surface area contributed by atoms with Crippen LogP contribution in [0.3, 0.4) is 0 Å². The third kappa shape index (κ3) is 3.71. The van der Waals surface area contributed by atoms with Crippen molar-refractivity contribution in [2.75, 3.05) is 11.0 Å². The third-order valence-corrected chi connectivity index (χ3v) is 1.77. The van der Waals surface area contributed by atoms with Crippen molar-refractivity contribution in [2.24, 2.45) is 0 Å². The molecule has 1 N–H and O–H groups in total. The lowest BCUT2D eigenvalue weighted by molar-refractivity contribution is 0.632. The maximum atomic E-state index is 13.1. The van der Waals surface area contributed by atoms with Gasteiger partial charge in [0.15, 0.2) is 0 Å². The van der Waals surface area contributed by atoms with Crippen LogP contribution >= 0.6 is 11.9 Å². The van der Waals surface area contributed by atoms with E-state index in [0.717, 1.165) is 0 Å². The lowest BCUT2D eigenvalue weighted by Crippen LogP contribution is -1.89. The molecule has 0 spiro atoms. The largest absolute Gasteiger partial charge is 0.328 e. The van der Waals surface area contributed by atoms with Crippen LogP contribution in [0.2, 0.25) is 0 Å². The van der Waals surface area contributed by atoms with Gasteiger partial charge >= 0.3 is 0 Å². The Morgan fingerprint density at radius 2 is 2.07 bits per heavy atom. The topological polar surface area (TPSA) is 12.0 Å². The molecular formula is C11H14FNS. The quantitative estimate of drug-likeness (QED) is 0.593. The predicted octanol–water partition coefficient (Wildman–Crippen LogP) is 3.52. The maximum Gasteiger partial charge on any atom is 0.148 e. The highest BCUT2D eigenvalue weighted by atomic mass is 32.2. The van der Waals surface area contributed by atoms with Gasteiger partial charge in [-0.05, 0) is 18.2 Å². The fraction of sp³-hybridized carbons (Fsp3) is 0.273. The van der Waals surface area contributed by atoms with Crippen LogP contribution in [0.5, 0.6) is 0 Å². The van der Waals surface area contributed by atoms with Gasteiger partial charge in [0.1, 0.15) is 5.82 Å². The molecule has 1 rings (SSSR count). The smallest absolute Gasteiger partial charge is 0.148 e. The second kappa shape index (κ2) is 7.28. The second-order valence-corrected chi connectivity index (χ2v) is 2.76. The third-order valence-electron chi connectivity index (χ3n) is 1.35. The summed E-state index contributed by atoms with van der Waals surface area (Å²) in [6.45, 7) is 4.00. The molecule has 0 aliphatic heterocycles. The van der Waals surface area contributed by atoms with Gasteiger partial charge in [-0.2, -0.15) is 0 Å². The number of halogens is 1. The molecule has 1 aromatic rings. The van der Waals surface area contributed by atoms with E-state index in [9.17, 15) is 4.39 Å². The van der Waals surface area contributed by atoms with Crippen molar-refractivity contribution in [2.45, 2.75) is 13.8 Å².